The van der Waals surface area contributed by atoms with Crippen molar-refractivity contribution in [2.45, 2.75) is 51.9 Å². The van der Waals surface area contributed by atoms with E-state index in [1.165, 1.54) is 43.4 Å². The largest absolute Gasteiger partial charge is 0.274 e. The quantitative estimate of drug-likeness (QED) is 0.728. The molecule has 0 aliphatic heterocycles. The fourth-order valence-corrected chi connectivity index (χ4v) is 4.14. The Kier molecular flexibility index (Phi) is 5.44. The van der Waals surface area contributed by atoms with Gasteiger partial charge in [-0.05, 0) is 31.4 Å². The van der Waals surface area contributed by atoms with Crippen LogP contribution in [0.15, 0.2) is 35.7 Å². The Bertz CT molecular complexity index is 632. The lowest BCUT2D eigenvalue weighted by molar-refractivity contribution is -0.118. The van der Waals surface area contributed by atoms with Crippen molar-refractivity contribution in [1.82, 2.24) is 4.98 Å². The van der Waals surface area contributed by atoms with Crippen molar-refractivity contribution in [2.24, 2.45) is 5.92 Å². The molecule has 0 atom stereocenters. The molecule has 0 unspecified atom stereocenters. The van der Waals surface area contributed by atoms with Gasteiger partial charge < -0.3 is 0 Å². The first-order valence-corrected chi connectivity index (χ1v) is 9.42. The Morgan fingerprint density at radius 3 is 2.61 bits per heavy atom. The Hall–Kier alpha value is -1.68. The molecule has 0 N–H and O–H groups in total. The molecule has 1 aromatic carbocycles. The lowest BCUT2D eigenvalue weighted by Crippen LogP contribution is -2.26. The molecule has 0 saturated heterocycles. The third kappa shape index (κ3) is 4.20. The maximum absolute atomic E-state index is 12.9. The number of aryl methyl sites for hydroxylation is 1. The monoisotopic (exact) mass is 328 g/mol. The van der Waals surface area contributed by atoms with E-state index in [1.807, 2.05) is 42.6 Å². The molecular weight excluding hydrogens is 304 g/mol. The van der Waals surface area contributed by atoms with E-state index < -0.39 is 0 Å². The fraction of sp³-hybridized carbons (Fsp3) is 0.474. The van der Waals surface area contributed by atoms with Crippen LogP contribution in [-0.2, 0) is 4.79 Å². The Balaban J connectivity index is 1.73. The van der Waals surface area contributed by atoms with Crippen molar-refractivity contribution in [3.8, 4) is 0 Å². The summed E-state index contributed by atoms with van der Waals surface area (Å²) < 4.78 is 0. The van der Waals surface area contributed by atoms with Crippen LogP contribution in [0.3, 0.4) is 0 Å². The van der Waals surface area contributed by atoms with Crippen molar-refractivity contribution >= 4 is 28.1 Å². The van der Waals surface area contributed by atoms with Crippen LogP contribution in [0.2, 0.25) is 0 Å². The highest BCUT2D eigenvalue weighted by Gasteiger charge is 2.22. The van der Waals surface area contributed by atoms with Crippen molar-refractivity contribution in [3.63, 3.8) is 0 Å². The number of hydrogen-bond donors (Lipinski definition) is 0. The fourth-order valence-electron chi connectivity index (χ4n) is 3.30. The Morgan fingerprint density at radius 1 is 1.22 bits per heavy atom. The molecule has 0 radical (unpaired) electrons. The number of rotatable bonds is 5. The van der Waals surface area contributed by atoms with Gasteiger partial charge in [-0.3, -0.25) is 9.69 Å². The minimum absolute atomic E-state index is 0.163. The van der Waals surface area contributed by atoms with E-state index in [0.29, 0.717) is 6.42 Å². The summed E-state index contributed by atoms with van der Waals surface area (Å²) in [6.45, 7) is 1.97. The number of amides is 1. The first-order valence-electron chi connectivity index (χ1n) is 8.54. The van der Waals surface area contributed by atoms with Gasteiger partial charge in [0.15, 0.2) is 5.13 Å². The summed E-state index contributed by atoms with van der Waals surface area (Å²) in [7, 11) is 0. The van der Waals surface area contributed by atoms with Crippen LogP contribution in [0.25, 0.3) is 0 Å². The zero-order chi connectivity index (χ0) is 16.1. The maximum Gasteiger partial charge on any atom is 0.233 e. The zero-order valence-corrected chi connectivity index (χ0v) is 14.5. The predicted molar refractivity (Wildman–Crippen MR) is 96.2 cm³/mol. The summed E-state index contributed by atoms with van der Waals surface area (Å²) >= 11 is 1.54. The number of para-hydroxylation sites is 1. The molecule has 4 heteroatoms. The molecule has 1 aromatic heterocycles. The smallest absolute Gasteiger partial charge is 0.233 e. The van der Waals surface area contributed by atoms with E-state index in [1.54, 1.807) is 4.90 Å². The van der Waals surface area contributed by atoms with Crippen LogP contribution >= 0.6 is 11.3 Å². The SMILES string of the molecule is Cc1csc(N(C(=O)CCC2CCCCC2)c2ccccc2)n1. The van der Waals surface area contributed by atoms with Gasteiger partial charge in [0, 0.05) is 11.8 Å². The molecule has 1 heterocycles. The second-order valence-corrected chi connectivity index (χ2v) is 7.22. The van der Waals surface area contributed by atoms with Crippen molar-refractivity contribution < 1.29 is 4.79 Å². The zero-order valence-electron chi connectivity index (χ0n) is 13.7. The van der Waals surface area contributed by atoms with Gasteiger partial charge in [-0.1, -0.05) is 50.3 Å². The molecule has 0 spiro atoms. The van der Waals surface area contributed by atoms with E-state index in [4.69, 9.17) is 0 Å². The molecule has 1 amide bonds. The highest BCUT2D eigenvalue weighted by molar-refractivity contribution is 7.14. The Morgan fingerprint density at radius 2 is 1.96 bits per heavy atom. The molecule has 1 aliphatic rings. The summed E-state index contributed by atoms with van der Waals surface area (Å²) in [6, 6.07) is 9.88. The van der Waals surface area contributed by atoms with Crippen molar-refractivity contribution in [2.75, 3.05) is 4.90 Å². The second-order valence-electron chi connectivity index (χ2n) is 6.38. The number of carbonyl (C=O) groups is 1. The van der Waals surface area contributed by atoms with Gasteiger partial charge in [0.2, 0.25) is 5.91 Å². The first kappa shape index (κ1) is 16.2. The highest BCUT2D eigenvalue weighted by atomic mass is 32.1. The number of thiazole rings is 1. The summed E-state index contributed by atoms with van der Waals surface area (Å²) in [6.07, 6.45) is 8.20. The average molecular weight is 328 g/mol. The average Bonchev–Trinajstić information content (AvgIpc) is 3.01. The van der Waals surface area contributed by atoms with E-state index >= 15 is 0 Å². The minimum atomic E-state index is 0.163. The second kappa shape index (κ2) is 7.73. The third-order valence-corrected chi connectivity index (χ3v) is 5.50. The number of aromatic nitrogens is 1. The molecule has 122 valence electrons. The van der Waals surface area contributed by atoms with Crippen LogP contribution in [0.5, 0.6) is 0 Å². The van der Waals surface area contributed by atoms with Gasteiger partial charge in [-0.15, -0.1) is 11.3 Å². The van der Waals surface area contributed by atoms with Crippen LogP contribution in [0, 0.1) is 12.8 Å². The Labute approximate surface area is 142 Å². The molecule has 1 fully saturated rings. The van der Waals surface area contributed by atoms with Gasteiger partial charge in [0.05, 0.1) is 11.4 Å². The van der Waals surface area contributed by atoms with Crippen LogP contribution in [0.4, 0.5) is 10.8 Å². The summed E-state index contributed by atoms with van der Waals surface area (Å²) in [5.74, 6) is 0.888. The van der Waals surface area contributed by atoms with Gasteiger partial charge in [0.1, 0.15) is 0 Å². The maximum atomic E-state index is 12.9. The topological polar surface area (TPSA) is 33.2 Å². The van der Waals surface area contributed by atoms with Gasteiger partial charge >= 0.3 is 0 Å². The predicted octanol–water partition coefficient (Wildman–Crippen LogP) is 5.48. The van der Waals surface area contributed by atoms with E-state index in [-0.39, 0.29) is 5.91 Å². The summed E-state index contributed by atoms with van der Waals surface area (Å²) in [5.41, 5.74) is 1.88. The molecular formula is C19H24N2OS. The van der Waals surface area contributed by atoms with Crippen molar-refractivity contribution in [1.29, 1.82) is 0 Å². The molecule has 3 nitrogen and oxygen atoms in total. The van der Waals surface area contributed by atoms with Crippen LogP contribution < -0.4 is 4.90 Å². The van der Waals surface area contributed by atoms with E-state index in [9.17, 15) is 4.79 Å². The van der Waals surface area contributed by atoms with Crippen molar-refractivity contribution in [3.05, 3.63) is 41.4 Å². The van der Waals surface area contributed by atoms with Gasteiger partial charge in [0.25, 0.3) is 0 Å². The minimum Gasteiger partial charge on any atom is -0.274 e. The number of benzene rings is 1. The van der Waals surface area contributed by atoms with Crippen LogP contribution in [0.1, 0.15) is 50.6 Å². The number of carbonyl (C=O) groups excluding carboxylic acids is 1. The number of nitrogens with zero attached hydrogens (tertiary/aromatic N) is 2. The highest BCUT2D eigenvalue weighted by Crippen LogP contribution is 2.31. The molecule has 0 bridgehead atoms. The number of hydrogen-bond acceptors (Lipinski definition) is 3. The third-order valence-electron chi connectivity index (χ3n) is 4.55. The van der Waals surface area contributed by atoms with E-state index in [0.717, 1.165) is 28.9 Å². The van der Waals surface area contributed by atoms with Crippen LogP contribution in [-0.4, -0.2) is 10.9 Å². The van der Waals surface area contributed by atoms with Gasteiger partial charge in [-0.25, -0.2) is 4.98 Å². The number of anilines is 2. The summed E-state index contributed by atoms with van der Waals surface area (Å²) in [4.78, 5) is 19.2. The van der Waals surface area contributed by atoms with E-state index in [2.05, 4.69) is 4.98 Å². The van der Waals surface area contributed by atoms with Gasteiger partial charge in [-0.2, -0.15) is 0 Å². The standard InChI is InChI=1S/C19H24N2OS/c1-15-14-23-19(20-15)21(17-10-6-3-7-11-17)18(22)13-12-16-8-4-2-5-9-16/h3,6-7,10-11,14,16H,2,4-5,8-9,12-13H2,1H3. The molecule has 3 rings (SSSR count). The lowest BCUT2D eigenvalue weighted by atomic mass is 9.86. The normalized spacial score (nSPS) is 15.5. The molecule has 23 heavy (non-hydrogen) atoms. The molecule has 1 aliphatic carbocycles. The molecule has 1 saturated carbocycles. The molecule has 2 aromatic rings. The first-order chi connectivity index (χ1) is 11.2. The summed E-state index contributed by atoms with van der Waals surface area (Å²) in [5, 5.41) is 2.78. The lowest BCUT2D eigenvalue weighted by Gasteiger charge is -2.24.